The van der Waals surface area contributed by atoms with E-state index >= 15 is 0 Å². The lowest BCUT2D eigenvalue weighted by Crippen LogP contribution is -2.49. The van der Waals surface area contributed by atoms with Crippen LogP contribution in [0.2, 0.25) is 0 Å². The molecule has 5 nitrogen and oxygen atoms in total. The van der Waals surface area contributed by atoms with Crippen molar-refractivity contribution in [2.24, 2.45) is 0 Å². The Bertz CT molecular complexity index is 831. The summed E-state index contributed by atoms with van der Waals surface area (Å²) in [5, 5.41) is 11.4. The first-order chi connectivity index (χ1) is 12.1. The van der Waals surface area contributed by atoms with Crippen molar-refractivity contribution in [1.29, 1.82) is 5.26 Å². The van der Waals surface area contributed by atoms with E-state index < -0.39 is 10.0 Å². The van der Waals surface area contributed by atoms with Crippen LogP contribution in [0.3, 0.4) is 0 Å². The highest BCUT2D eigenvalue weighted by atomic mass is 32.2. The Morgan fingerprint density at radius 1 is 1.16 bits per heavy atom. The zero-order valence-electron chi connectivity index (χ0n) is 14.1. The maximum Gasteiger partial charge on any atom is 0.252 e. The molecule has 132 valence electrons. The second-order valence-corrected chi connectivity index (χ2v) is 9.11. The summed E-state index contributed by atoms with van der Waals surface area (Å²) in [5.41, 5.74) is 2.21. The average Bonchev–Trinajstić information content (AvgIpc) is 3.19. The predicted molar refractivity (Wildman–Crippen MR) is 98.8 cm³/mol. The zero-order chi connectivity index (χ0) is 17.9. The van der Waals surface area contributed by atoms with Gasteiger partial charge in [0.15, 0.2) is 0 Å². The van der Waals surface area contributed by atoms with E-state index in [-0.39, 0.29) is 6.04 Å². The number of rotatable bonds is 5. The number of piperazine rings is 1. The van der Waals surface area contributed by atoms with Crippen molar-refractivity contribution < 1.29 is 8.42 Å². The smallest absolute Gasteiger partial charge is 0.252 e. The van der Waals surface area contributed by atoms with Crippen LogP contribution in [0.4, 0.5) is 0 Å². The number of sulfonamides is 1. The molecular weight excluding hydrogens is 354 g/mol. The van der Waals surface area contributed by atoms with Gasteiger partial charge in [0.2, 0.25) is 0 Å². The fourth-order valence-corrected chi connectivity index (χ4v) is 5.61. The molecule has 25 heavy (non-hydrogen) atoms. The summed E-state index contributed by atoms with van der Waals surface area (Å²) in [5.74, 6) is 0. The minimum Gasteiger partial charge on any atom is -0.282 e. The first kappa shape index (κ1) is 18.1. The average molecular weight is 376 g/mol. The predicted octanol–water partition coefficient (Wildman–Crippen LogP) is 2.88. The van der Waals surface area contributed by atoms with Gasteiger partial charge in [0.25, 0.3) is 10.0 Å². The molecule has 7 heteroatoms. The highest BCUT2D eigenvalue weighted by molar-refractivity contribution is 7.91. The Hall–Kier alpha value is -1.72. The highest BCUT2D eigenvalue weighted by Crippen LogP contribution is 2.26. The summed E-state index contributed by atoms with van der Waals surface area (Å²) in [4.78, 5) is 2.06. The van der Waals surface area contributed by atoms with Gasteiger partial charge in [-0.1, -0.05) is 37.3 Å². The SMILES string of the molecule is CCc1ccc(C(C#N)N2CCN(S(=O)(=O)c3cccs3)CC2)cc1. The van der Waals surface area contributed by atoms with E-state index in [1.54, 1.807) is 17.5 Å². The third kappa shape index (κ3) is 3.77. The van der Waals surface area contributed by atoms with Gasteiger partial charge in [0, 0.05) is 26.2 Å². The molecule has 0 bridgehead atoms. The van der Waals surface area contributed by atoms with Crippen LogP contribution in [0.5, 0.6) is 0 Å². The maximum atomic E-state index is 12.6. The Labute approximate surface area is 153 Å². The molecule has 0 N–H and O–H groups in total. The van der Waals surface area contributed by atoms with Gasteiger partial charge in [-0.25, -0.2) is 8.42 Å². The first-order valence-corrected chi connectivity index (χ1v) is 10.6. The van der Waals surface area contributed by atoms with Crippen LogP contribution in [0.15, 0.2) is 46.0 Å². The molecule has 2 heterocycles. The molecule has 0 saturated carbocycles. The van der Waals surface area contributed by atoms with Crippen LogP contribution in [-0.2, 0) is 16.4 Å². The molecule has 1 aromatic heterocycles. The molecule has 1 aromatic carbocycles. The number of hydrogen-bond donors (Lipinski definition) is 0. The summed E-state index contributed by atoms with van der Waals surface area (Å²) < 4.78 is 27.1. The van der Waals surface area contributed by atoms with Gasteiger partial charge in [-0.15, -0.1) is 11.3 Å². The Morgan fingerprint density at radius 3 is 2.36 bits per heavy atom. The zero-order valence-corrected chi connectivity index (χ0v) is 15.8. The standard InChI is InChI=1S/C18H21N3O2S2/c1-2-15-5-7-16(8-6-15)17(14-19)20-9-11-21(12-10-20)25(22,23)18-4-3-13-24-18/h3-8,13,17H,2,9-12H2,1H3. The molecule has 1 aliphatic rings. The van der Waals surface area contributed by atoms with E-state index in [0.717, 1.165) is 12.0 Å². The number of thiophene rings is 1. The number of nitriles is 1. The van der Waals surface area contributed by atoms with E-state index in [2.05, 4.69) is 30.0 Å². The lowest BCUT2D eigenvalue weighted by molar-refractivity contribution is 0.163. The van der Waals surface area contributed by atoms with Gasteiger partial charge in [-0.05, 0) is 29.0 Å². The van der Waals surface area contributed by atoms with Crippen LogP contribution in [0.25, 0.3) is 0 Å². The van der Waals surface area contributed by atoms with Crippen LogP contribution >= 0.6 is 11.3 Å². The monoisotopic (exact) mass is 375 g/mol. The molecule has 3 rings (SSSR count). The highest BCUT2D eigenvalue weighted by Gasteiger charge is 2.32. The molecule has 1 unspecified atom stereocenters. The van der Waals surface area contributed by atoms with Gasteiger partial charge < -0.3 is 0 Å². The van der Waals surface area contributed by atoms with E-state index in [4.69, 9.17) is 0 Å². The van der Waals surface area contributed by atoms with E-state index in [9.17, 15) is 13.7 Å². The third-order valence-electron chi connectivity index (χ3n) is 4.55. The number of hydrogen-bond acceptors (Lipinski definition) is 5. The molecule has 1 fully saturated rings. The van der Waals surface area contributed by atoms with E-state index in [0.29, 0.717) is 30.4 Å². The molecule has 0 radical (unpaired) electrons. The van der Waals surface area contributed by atoms with Gasteiger partial charge in [-0.3, -0.25) is 4.90 Å². The van der Waals surface area contributed by atoms with E-state index in [1.807, 2.05) is 12.1 Å². The fraction of sp³-hybridized carbons (Fsp3) is 0.389. The molecule has 1 aliphatic heterocycles. The van der Waals surface area contributed by atoms with Crippen LogP contribution < -0.4 is 0 Å². The molecule has 1 atom stereocenters. The maximum absolute atomic E-state index is 12.6. The van der Waals surface area contributed by atoms with Crippen LogP contribution in [0.1, 0.15) is 24.1 Å². The van der Waals surface area contributed by atoms with Crippen molar-refractivity contribution in [2.75, 3.05) is 26.2 Å². The Morgan fingerprint density at radius 2 is 1.84 bits per heavy atom. The minimum absolute atomic E-state index is 0.336. The van der Waals surface area contributed by atoms with Gasteiger partial charge in [0.05, 0.1) is 6.07 Å². The Balaban J connectivity index is 1.69. The number of benzene rings is 1. The second kappa shape index (κ2) is 7.67. The molecule has 0 spiro atoms. The van der Waals surface area contributed by atoms with Crippen molar-refractivity contribution in [2.45, 2.75) is 23.6 Å². The first-order valence-electron chi connectivity index (χ1n) is 8.32. The van der Waals surface area contributed by atoms with Gasteiger partial charge in [-0.2, -0.15) is 9.57 Å². The van der Waals surface area contributed by atoms with E-state index in [1.165, 1.54) is 21.2 Å². The summed E-state index contributed by atoms with van der Waals surface area (Å²) in [6.07, 6.45) is 0.969. The minimum atomic E-state index is -3.41. The molecule has 1 saturated heterocycles. The van der Waals surface area contributed by atoms with Crippen LogP contribution in [-0.4, -0.2) is 43.8 Å². The van der Waals surface area contributed by atoms with Crippen molar-refractivity contribution in [3.05, 3.63) is 52.9 Å². The summed E-state index contributed by atoms with van der Waals surface area (Å²) in [7, 11) is -3.41. The lowest BCUT2D eigenvalue weighted by Gasteiger charge is -2.36. The number of nitrogens with zero attached hydrogens (tertiary/aromatic N) is 3. The third-order valence-corrected chi connectivity index (χ3v) is 7.83. The molecule has 2 aromatic rings. The van der Waals surface area contributed by atoms with Gasteiger partial charge in [0.1, 0.15) is 10.3 Å². The van der Waals surface area contributed by atoms with Crippen molar-refractivity contribution in [3.8, 4) is 6.07 Å². The molecule has 0 aliphatic carbocycles. The lowest BCUT2D eigenvalue weighted by atomic mass is 10.0. The normalized spacial score (nSPS) is 17.9. The largest absolute Gasteiger partial charge is 0.282 e. The second-order valence-electron chi connectivity index (χ2n) is 6.00. The topological polar surface area (TPSA) is 64.4 Å². The summed E-state index contributed by atoms with van der Waals surface area (Å²) in [6.45, 7) is 4.03. The van der Waals surface area contributed by atoms with Crippen molar-refractivity contribution >= 4 is 21.4 Å². The molecule has 0 amide bonds. The quantitative estimate of drug-likeness (QED) is 0.806. The van der Waals surface area contributed by atoms with Gasteiger partial charge >= 0.3 is 0 Å². The fourth-order valence-electron chi connectivity index (χ4n) is 3.04. The summed E-state index contributed by atoms with van der Waals surface area (Å²) >= 11 is 1.24. The Kier molecular flexibility index (Phi) is 5.54. The van der Waals surface area contributed by atoms with Crippen LogP contribution in [0, 0.1) is 11.3 Å². The van der Waals surface area contributed by atoms with Crippen molar-refractivity contribution in [3.63, 3.8) is 0 Å². The number of aryl methyl sites for hydroxylation is 1. The summed E-state index contributed by atoms with van der Waals surface area (Å²) in [6, 6.07) is 13.5. The van der Waals surface area contributed by atoms with Crippen molar-refractivity contribution in [1.82, 2.24) is 9.21 Å². The molecular formula is C18H21N3O2S2.